The maximum absolute atomic E-state index is 12.4. The van der Waals surface area contributed by atoms with Crippen LogP contribution in [0.3, 0.4) is 0 Å². The molecule has 2 heterocycles. The van der Waals surface area contributed by atoms with Crippen LogP contribution in [-0.2, 0) is 14.8 Å². The van der Waals surface area contributed by atoms with Crippen molar-refractivity contribution in [2.24, 2.45) is 0 Å². The molecule has 0 unspecified atom stereocenters. The number of rotatable bonds is 5. The van der Waals surface area contributed by atoms with Gasteiger partial charge in [-0.3, -0.25) is 14.5 Å². The molecule has 7 nitrogen and oxygen atoms in total. The van der Waals surface area contributed by atoms with Gasteiger partial charge in [0.15, 0.2) is 5.13 Å². The third-order valence-corrected chi connectivity index (χ3v) is 5.48. The average Bonchev–Trinajstić information content (AvgIpc) is 3.03. The number of hydrogen-bond acceptors (Lipinski definition) is 6. The minimum atomic E-state index is -3.68. The molecule has 2 N–H and O–H groups in total. The summed E-state index contributed by atoms with van der Waals surface area (Å²) in [6.07, 6.45) is 4.63. The van der Waals surface area contributed by atoms with E-state index in [4.69, 9.17) is 0 Å². The van der Waals surface area contributed by atoms with Crippen LogP contribution < -0.4 is 10.0 Å². The second-order valence-corrected chi connectivity index (χ2v) is 7.80. The second kappa shape index (κ2) is 6.99. The Balaban J connectivity index is 1.85. The molecule has 0 saturated heterocycles. The quantitative estimate of drug-likeness (QED) is 0.715. The van der Waals surface area contributed by atoms with Gasteiger partial charge >= 0.3 is 0 Å². The van der Waals surface area contributed by atoms with Crippen molar-refractivity contribution in [2.45, 2.75) is 11.8 Å². The van der Waals surface area contributed by atoms with Crippen LogP contribution in [0.2, 0.25) is 0 Å². The molecule has 0 aliphatic rings. The highest BCUT2D eigenvalue weighted by Gasteiger charge is 2.14. The lowest BCUT2D eigenvalue weighted by atomic mass is 10.2. The summed E-state index contributed by atoms with van der Waals surface area (Å²) in [5, 5.41) is 3.08. The fraction of sp³-hybridized carbons (Fsp3) is 0.0625. The first-order chi connectivity index (χ1) is 11.9. The van der Waals surface area contributed by atoms with E-state index < -0.39 is 10.0 Å². The van der Waals surface area contributed by atoms with Gasteiger partial charge in [-0.2, -0.15) is 0 Å². The van der Waals surface area contributed by atoms with E-state index in [9.17, 15) is 13.2 Å². The molecule has 25 heavy (non-hydrogen) atoms. The first-order valence-electron chi connectivity index (χ1n) is 7.21. The molecule has 128 valence electrons. The van der Waals surface area contributed by atoms with Gasteiger partial charge in [0.2, 0.25) is 5.91 Å². The van der Waals surface area contributed by atoms with Crippen molar-refractivity contribution in [1.29, 1.82) is 0 Å². The molecule has 0 bridgehead atoms. The molecule has 0 radical (unpaired) electrons. The molecule has 0 aliphatic heterocycles. The molecule has 0 saturated carbocycles. The summed E-state index contributed by atoms with van der Waals surface area (Å²) in [5.74, 6) is -0.205. The molecule has 0 fully saturated rings. The lowest BCUT2D eigenvalue weighted by molar-refractivity contribution is -0.114. The third kappa shape index (κ3) is 4.20. The number of benzene rings is 1. The number of hydrogen-bond donors (Lipinski definition) is 2. The Labute approximate surface area is 148 Å². The molecule has 1 aromatic carbocycles. The van der Waals surface area contributed by atoms with Crippen molar-refractivity contribution in [1.82, 2.24) is 9.97 Å². The number of sulfonamides is 1. The third-order valence-electron chi connectivity index (χ3n) is 3.12. The number of anilines is 2. The molecular weight excluding hydrogens is 360 g/mol. The van der Waals surface area contributed by atoms with Crippen LogP contribution in [0, 0.1) is 0 Å². The van der Waals surface area contributed by atoms with Crippen LogP contribution in [0.15, 0.2) is 59.9 Å². The summed E-state index contributed by atoms with van der Waals surface area (Å²) in [6.45, 7) is 1.40. The molecule has 0 spiro atoms. The Morgan fingerprint density at radius 1 is 1.12 bits per heavy atom. The first-order valence-corrected chi connectivity index (χ1v) is 9.51. The Kier molecular flexibility index (Phi) is 4.77. The van der Waals surface area contributed by atoms with Gasteiger partial charge in [0.05, 0.1) is 21.7 Å². The van der Waals surface area contributed by atoms with Gasteiger partial charge in [-0.1, -0.05) is 29.5 Å². The summed E-state index contributed by atoms with van der Waals surface area (Å²) in [5.41, 5.74) is 1.04. The van der Waals surface area contributed by atoms with Crippen LogP contribution >= 0.6 is 11.3 Å². The number of carbonyl (C=O) groups is 1. The van der Waals surface area contributed by atoms with Gasteiger partial charge in [0.1, 0.15) is 0 Å². The molecule has 0 aliphatic carbocycles. The fourth-order valence-electron chi connectivity index (χ4n) is 2.06. The van der Waals surface area contributed by atoms with Gasteiger partial charge in [-0.15, -0.1) is 0 Å². The first kappa shape index (κ1) is 17.1. The monoisotopic (exact) mass is 374 g/mol. The Bertz CT molecular complexity index is 1000. The minimum Gasteiger partial charge on any atom is -0.302 e. The highest BCUT2D eigenvalue weighted by Crippen LogP contribution is 2.30. The summed E-state index contributed by atoms with van der Waals surface area (Å²) in [6, 6.07) is 9.76. The molecule has 9 heteroatoms. The van der Waals surface area contributed by atoms with E-state index >= 15 is 0 Å². The van der Waals surface area contributed by atoms with E-state index in [-0.39, 0.29) is 10.8 Å². The molecular formula is C16H14N4O3S2. The van der Waals surface area contributed by atoms with Gasteiger partial charge < -0.3 is 5.32 Å². The van der Waals surface area contributed by atoms with Crippen LogP contribution in [0.4, 0.5) is 10.8 Å². The van der Waals surface area contributed by atoms with Crippen molar-refractivity contribution in [2.75, 3.05) is 10.0 Å². The zero-order valence-electron chi connectivity index (χ0n) is 13.1. The maximum Gasteiger partial charge on any atom is 0.261 e. The lowest BCUT2D eigenvalue weighted by Crippen LogP contribution is -2.12. The van der Waals surface area contributed by atoms with Gasteiger partial charge in [-0.05, 0) is 18.2 Å². The predicted molar refractivity (Wildman–Crippen MR) is 96.9 cm³/mol. The van der Waals surface area contributed by atoms with E-state index in [1.165, 1.54) is 36.6 Å². The molecule has 0 atom stereocenters. The van der Waals surface area contributed by atoms with Gasteiger partial charge in [0, 0.05) is 24.9 Å². The van der Waals surface area contributed by atoms with E-state index in [2.05, 4.69) is 20.0 Å². The number of nitrogens with one attached hydrogen (secondary N) is 2. The standard InChI is InChI=1S/C16H14N4O3S2/c1-11(21)19-16-18-10-15(24-16)12-7-13(9-17-8-12)20-25(22,23)14-5-3-2-4-6-14/h2-10,20H,1H3,(H,18,19,21). The number of thiazole rings is 1. The fourth-order valence-corrected chi connectivity index (χ4v) is 3.96. The van der Waals surface area contributed by atoms with Crippen LogP contribution in [0.25, 0.3) is 10.4 Å². The maximum atomic E-state index is 12.4. The zero-order chi connectivity index (χ0) is 17.9. The van der Waals surface area contributed by atoms with Crippen LogP contribution in [-0.4, -0.2) is 24.3 Å². The molecule has 3 rings (SSSR count). The van der Waals surface area contributed by atoms with Crippen molar-refractivity contribution in [3.8, 4) is 10.4 Å². The second-order valence-electron chi connectivity index (χ2n) is 5.09. The Morgan fingerprint density at radius 3 is 2.60 bits per heavy atom. The van der Waals surface area contributed by atoms with Gasteiger partial charge in [0.25, 0.3) is 10.0 Å². The highest BCUT2D eigenvalue weighted by atomic mass is 32.2. The summed E-state index contributed by atoms with van der Waals surface area (Å²) in [7, 11) is -3.68. The van der Waals surface area contributed by atoms with Crippen LogP contribution in [0.5, 0.6) is 0 Å². The molecule has 2 aromatic heterocycles. The average molecular weight is 374 g/mol. The molecule has 3 aromatic rings. The zero-order valence-corrected chi connectivity index (χ0v) is 14.8. The predicted octanol–water partition coefficient (Wildman–Crippen LogP) is 2.96. The number of nitrogens with zero attached hydrogens (tertiary/aromatic N) is 2. The van der Waals surface area contributed by atoms with Crippen LogP contribution in [0.1, 0.15) is 6.92 Å². The highest BCUT2D eigenvalue weighted by molar-refractivity contribution is 7.92. The van der Waals surface area contributed by atoms with Crippen molar-refractivity contribution in [3.63, 3.8) is 0 Å². The summed E-state index contributed by atoms with van der Waals surface area (Å²) < 4.78 is 27.3. The topological polar surface area (TPSA) is 101 Å². The van der Waals surface area contributed by atoms with Gasteiger partial charge in [-0.25, -0.2) is 13.4 Å². The lowest BCUT2D eigenvalue weighted by Gasteiger charge is -2.08. The van der Waals surface area contributed by atoms with E-state index in [1.807, 2.05) is 0 Å². The summed E-state index contributed by atoms with van der Waals surface area (Å²) >= 11 is 1.28. The smallest absolute Gasteiger partial charge is 0.261 e. The van der Waals surface area contributed by atoms with Crippen molar-refractivity contribution < 1.29 is 13.2 Å². The SMILES string of the molecule is CC(=O)Nc1ncc(-c2cncc(NS(=O)(=O)c3ccccc3)c2)s1. The largest absolute Gasteiger partial charge is 0.302 e. The Morgan fingerprint density at radius 2 is 1.88 bits per heavy atom. The van der Waals surface area contributed by atoms with Crippen molar-refractivity contribution in [3.05, 3.63) is 55.0 Å². The minimum absolute atomic E-state index is 0.172. The number of pyridine rings is 1. The number of aromatic nitrogens is 2. The van der Waals surface area contributed by atoms with E-state index in [0.29, 0.717) is 16.4 Å². The molecule has 1 amide bonds. The van der Waals surface area contributed by atoms with E-state index in [0.717, 1.165) is 4.88 Å². The van der Waals surface area contributed by atoms with E-state index in [1.54, 1.807) is 36.7 Å². The van der Waals surface area contributed by atoms with Crippen molar-refractivity contribution >= 4 is 38.1 Å². The number of carbonyl (C=O) groups excluding carboxylic acids is 1. The number of amides is 1. The summed E-state index contributed by atoms with van der Waals surface area (Å²) in [4.78, 5) is 20.2. The normalized spacial score (nSPS) is 11.1. The Hall–Kier alpha value is -2.78.